The smallest absolute Gasteiger partial charge is 0.161 e. The van der Waals surface area contributed by atoms with Gasteiger partial charge in [0.2, 0.25) is 0 Å². The Hall–Kier alpha value is -1.52. The molecule has 5 heteroatoms. The fourth-order valence-electron chi connectivity index (χ4n) is 2.00. The van der Waals surface area contributed by atoms with E-state index in [2.05, 4.69) is 22.4 Å². The number of hydrogen-bond donors (Lipinski definition) is 1. The molecule has 102 valence electrons. The van der Waals surface area contributed by atoms with Crippen LogP contribution in [0, 0.1) is 5.82 Å². The zero-order valence-corrected chi connectivity index (χ0v) is 12.1. The maximum absolute atomic E-state index is 13.7. The predicted molar refractivity (Wildman–Crippen MR) is 84.1 cm³/mol. The Morgan fingerprint density at radius 3 is 2.80 bits per heavy atom. The third-order valence-corrected chi connectivity index (χ3v) is 4.20. The van der Waals surface area contributed by atoms with E-state index in [-0.39, 0.29) is 11.9 Å². The van der Waals surface area contributed by atoms with Gasteiger partial charge in [-0.15, -0.1) is 0 Å². The van der Waals surface area contributed by atoms with Gasteiger partial charge in [-0.3, -0.25) is 4.99 Å². The molecule has 1 aliphatic rings. The second-order valence-electron chi connectivity index (χ2n) is 4.42. The van der Waals surface area contributed by atoms with Crippen LogP contribution in [0.5, 0.6) is 0 Å². The van der Waals surface area contributed by atoms with Gasteiger partial charge in [0.25, 0.3) is 0 Å². The molecule has 0 saturated heterocycles. The summed E-state index contributed by atoms with van der Waals surface area (Å²) >= 11 is 7.46. The van der Waals surface area contributed by atoms with E-state index < -0.39 is 0 Å². The Bertz CT molecular complexity index is 646. The van der Waals surface area contributed by atoms with Crippen molar-refractivity contribution in [2.24, 2.45) is 4.99 Å². The van der Waals surface area contributed by atoms with Gasteiger partial charge in [-0.2, -0.15) is 0 Å². The van der Waals surface area contributed by atoms with E-state index in [1.165, 1.54) is 17.7 Å². The van der Waals surface area contributed by atoms with Crippen molar-refractivity contribution in [3.63, 3.8) is 0 Å². The van der Waals surface area contributed by atoms with Gasteiger partial charge >= 0.3 is 0 Å². The van der Waals surface area contributed by atoms with Gasteiger partial charge in [0.1, 0.15) is 5.82 Å². The van der Waals surface area contributed by atoms with Crippen molar-refractivity contribution in [2.45, 2.75) is 6.04 Å². The number of thioether (sulfide) groups is 1. The number of rotatable bonds is 2. The van der Waals surface area contributed by atoms with Crippen LogP contribution in [-0.4, -0.2) is 10.9 Å². The molecule has 2 nitrogen and oxygen atoms in total. The van der Waals surface area contributed by atoms with Gasteiger partial charge in [0, 0.05) is 10.8 Å². The minimum Gasteiger partial charge on any atom is -0.333 e. The summed E-state index contributed by atoms with van der Waals surface area (Å²) in [4.78, 5) is 4.58. The molecule has 1 N–H and O–H groups in total. The zero-order chi connectivity index (χ0) is 13.9. The van der Waals surface area contributed by atoms with Crippen molar-refractivity contribution in [1.29, 1.82) is 0 Å². The molecule has 0 bridgehead atoms. The summed E-state index contributed by atoms with van der Waals surface area (Å²) in [6.45, 7) is 0. The second kappa shape index (κ2) is 5.85. The lowest BCUT2D eigenvalue weighted by molar-refractivity contribution is 0.632. The summed E-state index contributed by atoms with van der Waals surface area (Å²) in [6, 6.07) is 14.6. The maximum Gasteiger partial charge on any atom is 0.161 e. The average Bonchev–Trinajstić information content (AvgIpc) is 2.92. The molecule has 1 heterocycles. The monoisotopic (exact) mass is 306 g/mol. The van der Waals surface area contributed by atoms with E-state index in [1.807, 2.05) is 18.2 Å². The molecule has 0 amide bonds. The molecule has 1 unspecified atom stereocenters. The highest BCUT2D eigenvalue weighted by atomic mass is 35.5. The number of nitrogens with zero attached hydrogens (tertiary/aromatic N) is 1. The quantitative estimate of drug-likeness (QED) is 0.867. The molecule has 0 fully saturated rings. The van der Waals surface area contributed by atoms with Crippen LogP contribution in [0.3, 0.4) is 0 Å². The first-order valence-corrected chi connectivity index (χ1v) is 7.56. The van der Waals surface area contributed by atoms with Crippen LogP contribution in [0.25, 0.3) is 0 Å². The Morgan fingerprint density at radius 2 is 2.00 bits per heavy atom. The van der Waals surface area contributed by atoms with E-state index in [9.17, 15) is 4.39 Å². The van der Waals surface area contributed by atoms with Crippen molar-refractivity contribution in [2.75, 3.05) is 11.1 Å². The topological polar surface area (TPSA) is 24.4 Å². The number of benzene rings is 2. The molecule has 20 heavy (non-hydrogen) atoms. The third kappa shape index (κ3) is 2.97. The minimum atomic E-state index is -0.333. The van der Waals surface area contributed by atoms with E-state index in [1.54, 1.807) is 17.8 Å². The van der Waals surface area contributed by atoms with Crippen LogP contribution < -0.4 is 5.32 Å². The van der Waals surface area contributed by atoms with Gasteiger partial charge in [0.05, 0.1) is 11.7 Å². The first-order chi connectivity index (χ1) is 9.72. The molecule has 0 spiro atoms. The Kier molecular flexibility index (Phi) is 3.94. The number of hydrogen-bond acceptors (Lipinski definition) is 3. The van der Waals surface area contributed by atoms with Gasteiger partial charge in [-0.25, -0.2) is 4.39 Å². The zero-order valence-electron chi connectivity index (χ0n) is 10.5. The van der Waals surface area contributed by atoms with Crippen molar-refractivity contribution in [3.8, 4) is 0 Å². The standard InChI is InChI=1S/C15H12ClFN2S/c16-11-6-7-12(17)13(8-11)18-15-19-14(9-20-15)10-4-2-1-3-5-10/h1-8,14H,9H2,(H,18,19). The van der Waals surface area contributed by atoms with Crippen molar-refractivity contribution >= 4 is 34.2 Å². The van der Waals surface area contributed by atoms with Gasteiger partial charge < -0.3 is 5.32 Å². The number of nitrogens with one attached hydrogen (secondary N) is 1. The van der Waals surface area contributed by atoms with E-state index in [0.717, 1.165) is 10.9 Å². The highest BCUT2D eigenvalue weighted by Crippen LogP contribution is 2.31. The number of aliphatic imine (C=N–C) groups is 1. The van der Waals surface area contributed by atoms with Gasteiger partial charge in [0.15, 0.2) is 5.17 Å². The van der Waals surface area contributed by atoms with Crippen LogP contribution in [0.2, 0.25) is 5.02 Å². The molecule has 0 aromatic heterocycles. The SMILES string of the molecule is Fc1ccc(Cl)cc1NC1=NC(c2ccccc2)CS1. The fraction of sp³-hybridized carbons (Fsp3) is 0.133. The van der Waals surface area contributed by atoms with Gasteiger partial charge in [-0.05, 0) is 23.8 Å². The molecule has 0 saturated carbocycles. The largest absolute Gasteiger partial charge is 0.333 e. The average molecular weight is 307 g/mol. The van der Waals surface area contributed by atoms with Crippen LogP contribution in [0.4, 0.5) is 10.1 Å². The van der Waals surface area contributed by atoms with Crippen LogP contribution in [-0.2, 0) is 0 Å². The summed E-state index contributed by atoms with van der Waals surface area (Å²) in [6.07, 6.45) is 0. The lowest BCUT2D eigenvalue weighted by Crippen LogP contribution is -2.06. The maximum atomic E-state index is 13.7. The Morgan fingerprint density at radius 1 is 1.20 bits per heavy atom. The summed E-state index contributed by atoms with van der Waals surface area (Å²) < 4.78 is 13.7. The molecule has 2 aromatic carbocycles. The van der Waals surface area contributed by atoms with E-state index in [0.29, 0.717) is 10.7 Å². The van der Waals surface area contributed by atoms with Crippen molar-refractivity contribution in [3.05, 3.63) is 64.9 Å². The number of anilines is 1. The highest BCUT2D eigenvalue weighted by molar-refractivity contribution is 8.14. The molecular formula is C15H12ClFN2S. The number of halogens is 2. The lowest BCUT2D eigenvalue weighted by Gasteiger charge is -2.06. The molecule has 3 rings (SSSR count). The first kappa shape index (κ1) is 13.5. The highest BCUT2D eigenvalue weighted by Gasteiger charge is 2.20. The molecule has 0 radical (unpaired) electrons. The summed E-state index contributed by atoms with van der Waals surface area (Å²) in [5.74, 6) is 0.523. The van der Waals surface area contributed by atoms with Crippen LogP contribution in [0.1, 0.15) is 11.6 Å². The minimum absolute atomic E-state index is 0.117. The van der Waals surface area contributed by atoms with Crippen LogP contribution >= 0.6 is 23.4 Å². The molecule has 2 aromatic rings. The summed E-state index contributed by atoms with van der Waals surface area (Å²) in [7, 11) is 0. The molecule has 0 aliphatic carbocycles. The van der Waals surface area contributed by atoms with Crippen molar-refractivity contribution in [1.82, 2.24) is 0 Å². The predicted octanol–water partition coefficient (Wildman–Crippen LogP) is 4.74. The Balaban J connectivity index is 1.77. The van der Waals surface area contributed by atoms with Crippen molar-refractivity contribution < 1.29 is 4.39 Å². The van der Waals surface area contributed by atoms with Gasteiger partial charge in [-0.1, -0.05) is 53.7 Å². The molecule has 1 atom stereocenters. The molecular weight excluding hydrogens is 295 g/mol. The van der Waals surface area contributed by atoms with Crippen LogP contribution in [0.15, 0.2) is 53.5 Å². The lowest BCUT2D eigenvalue weighted by atomic mass is 10.1. The number of amidine groups is 1. The first-order valence-electron chi connectivity index (χ1n) is 6.20. The summed E-state index contributed by atoms with van der Waals surface area (Å²) in [5, 5.41) is 4.22. The van der Waals surface area contributed by atoms with E-state index >= 15 is 0 Å². The normalized spacial score (nSPS) is 17.9. The Labute approximate surface area is 126 Å². The fourth-order valence-corrected chi connectivity index (χ4v) is 3.14. The summed E-state index contributed by atoms with van der Waals surface area (Å²) in [5.41, 5.74) is 1.53. The second-order valence-corrected chi connectivity index (χ2v) is 5.87. The third-order valence-electron chi connectivity index (χ3n) is 3.01. The molecule has 1 aliphatic heterocycles. The van der Waals surface area contributed by atoms with E-state index in [4.69, 9.17) is 11.6 Å².